The zero-order valence-electron chi connectivity index (χ0n) is 17.3. The monoisotopic (exact) mass is 441 g/mol. The molecule has 0 spiro atoms. The number of nitro groups is 1. The summed E-state index contributed by atoms with van der Waals surface area (Å²) >= 11 is 1.40. The Morgan fingerprint density at radius 2 is 2.03 bits per heavy atom. The predicted octanol–water partition coefficient (Wildman–Crippen LogP) is 4.19. The predicted molar refractivity (Wildman–Crippen MR) is 120 cm³/mol. The van der Waals surface area contributed by atoms with E-state index in [9.17, 15) is 14.9 Å². The first-order valence-corrected chi connectivity index (χ1v) is 10.7. The molecule has 1 amide bonds. The Balaban J connectivity index is 1.97. The Morgan fingerprint density at radius 1 is 1.23 bits per heavy atom. The van der Waals surface area contributed by atoms with Crippen LogP contribution in [0, 0.1) is 10.1 Å². The van der Waals surface area contributed by atoms with Crippen LogP contribution in [0.2, 0.25) is 0 Å². The van der Waals surface area contributed by atoms with Crippen molar-refractivity contribution in [2.45, 2.75) is 20.4 Å². The van der Waals surface area contributed by atoms with Crippen molar-refractivity contribution in [2.75, 3.05) is 19.8 Å². The van der Waals surface area contributed by atoms with Gasteiger partial charge in [0.1, 0.15) is 11.3 Å². The molecule has 2 aromatic carbocycles. The van der Waals surface area contributed by atoms with Crippen LogP contribution in [0.4, 0.5) is 5.69 Å². The SMILES string of the molecule is CCOCCn1c(=NC(=O)/C=C/c2cccc([N+](=O)[O-])c2)sc2cccc(OCC)c21. The van der Waals surface area contributed by atoms with Crippen molar-refractivity contribution in [3.63, 3.8) is 0 Å². The maximum absolute atomic E-state index is 12.5. The zero-order valence-corrected chi connectivity index (χ0v) is 18.1. The lowest BCUT2D eigenvalue weighted by atomic mass is 10.2. The van der Waals surface area contributed by atoms with Crippen LogP contribution in [-0.2, 0) is 16.1 Å². The molecular weight excluding hydrogens is 418 g/mol. The van der Waals surface area contributed by atoms with Gasteiger partial charge in [0, 0.05) is 31.4 Å². The molecule has 162 valence electrons. The third kappa shape index (κ3) is 5.65. The van der Waals surface area contributed by atoms with E-state index in [-0.39, 0.29) is 5.69 Å². The number of aromatic nitrogens is 1. The van der Waals surface area contributed by atoms with Gasteiger partial charge in [-0.05, 0) is 37.6 Å². The van der Waals surface area contributed by atoms with Crippen LogP contribution in [0.1, 0.15) is 19.4 Å². The topological polar surface area (TPSA) is 96.0 Å². The van der Waals surface area contributed by atoms with Gasteiger partial charge in [-0.2, -0.15) is 4.99 Å². The smallest absolute Gasteiger partial charge is 0.272 e. The van der Waals surface area contributed by atoms with Gasteiger partial charge in [0.15, 0.2) is 4.80 Å². The van der Waals surface area contributed by atoms with Gasteiger partial charge in [0.05, 0.1) is 22.8 Å². The normalized spacial score (nSPS) is 12.0. The van der Waals surface area contributed by atoms with Gasteiger partial charge in [0.25, 0.3) is 11.6 Å². The molecule has 8 nitrogen and oxygen atoms in total. The van der Waals surface area contributed by atoms with Crippen molar-refractivity contribution in [2.24, 2.45) is 4.99 Å². The highest BCUT2D eigenvalue weighted by Gasteiger charge is 2.12. The van der Waals surface area contributed by atoms with E-state index in [1.165, 1.54) is 35.6 Å². The molecule has 31 heavy (non-hydrogen) atoms. The number of benzene rings is 2. The van der Waals surface area contributed by atoms with Crippen molar-refractivity contribution in [3.05, 3.63) is 69.0 Å². The molecule has 0 bridgehead atoms. The van der Waals surface area contributed by atoms with Crippen molar-refractivity contribution >= 4 is 39.2 Å². The molecule has 0 N–H and O–H groups in total. The van der Waals surface area contributed by atoms with E-state index in [1.54, 1.807) is 12.1 Å². The molecule has 0 radical (unpaired) electrons. The van der Waals surface area contributed by atoms with E-state index in [2.05, 4.69) is 4.99 Å². The summed E-state index contributed by atoms with van der Waals surface area (Å²) in [5.74, 6) is 0.273. The number of thiazole rings is 1. The molecule has 3 aromatic rings. The summed E-state index contributed by atoms with van der Waals surface area (Å²) in [5.41, 5.74) is 1.40. The number of carbonyl (C=O) groups excluding carboxylic acids is 1. The molecule has 0 aliphatic heterocycles. The molecule has 0 unspecified atom stereocenters. The largest absolute Gasteiger partial charge is 0.492 e. The van der Waals surface area contributed by atoms with Crippen LogP contribution >= 0.6 is 11.3 Å². The summed E-state index contributed by atoms with van der Waals surface area (Å²) in [6.07, 6.45) is 2.82. The van der Waals surface area contributed by atoms with Gasteiger partial charge < -0.3 is 14.0 Å². The molecule has 1 aromatic heterocycles. The molecule has 0 aliphatic carbocycles. The van der Waals surface area contributed by atoms with Crippen molar-refractivity contribution in [1.29, 1.82) is 0 Å². The summed E-state index contributed by atoms with van der Waals surface area (Å²) in [5, 5.41) is 10.9. The maximum atomic E-state index is 12.5. The van der Waals surface area contributed by atoms with E-state index in [0.29, 0.717) is 36.7 Å². The van der Waals surface area contributed by atoms with E-state index >= 15 is 0 Å². The number of nitro benzene ring substituents is 1. The third-order valence-corrected chi connectivity index (χ3v) is 5.38. The first kappa shape index (κ1) is 22.4. The van der Waals surface area contributed by atoms with Crippen LogP contribution < -0.4 is 9.54 Å². The lowest BCUT2D eigenvalue weighted by molar-refractivity contribution is -0.384. The highest BCUT2D eigenvalue weighted by Crippen LogP contribution is 2.27. The standard InChI is InChI=1S/C22H23N3O5S/c1-3-29-14-13-24-21-18(30-4-2)9-6-10-19(21)31-22(24)23-20(26)12-11-16-7-5-8-17(15-16)25(27)28/h5-12,15H,3-4,13-14H2,1-2H3/b12-11+,23-22?. The second kappa shape index (κ2) is 10.6. The summed E-state index contributed by atoms with van der Waals surface area (Å²) in [6, 6.07) is 11.8. The summed E-state index contributed by atoms with van der Waals surface area (Å²) in [4.78, 5) is 27.8. The van der Waals surface area contributed by atoms with Crippen molar-refractivity contribution < 1.29 is 19.2 Å². The fourth-order valence-electron chi connectivity index (χ4n) is 3.00. The van der Waals surface area contributed by atoms with Gasteiger partial charge >= 0.3 is 0 Å². The van der Waals surface area contributed by atoms with Gasteiger partial charge in [-0.3, -0.25) is 14.9 Å². The average Bonchev–Trinajstić information content (AvgIpc) is 3.11. The fourth-order valence-corrected chi connectivity index (χ4v) is 4.08. The number of hydrogen-bond acceptors (Lipinski definition) is 6. The number of fused-ring (bicyclic) bond motifs is 1. The van der Waals surface area contributed by atoms with E-state index in [0.717, 1.165) is 16.0 Å². The van der Waals surface area contributed by atoms with Gasteiger partial charge in [0.2, 0.25) is 0 Å². The van der Waals surface area contributed by atoms with Crippen molar-refractivity contribution in [1.82, 2.24) is 4.57 Å². The molecule has 0 aliphatic rings. The van der Waals surface area contributed by atoms with Crippen molar-refractivity contribution in [3.8, 4) is 5.75 Å². The minimum Gasteiger partial charge on any atom is -0.492 e. The molecule has 0 fully saturated rings. The van der Waals surface area contributed by atoms with Crippen LogP contribution in [0.15, 0.2) is 53.5 Å². The van der Waals surface area contributed by atoms with E-state index in [1.807, 2.05) is 36.6 Å². The Hall–Kier alpha value is -3.30. The van der Waals surface area contributed by atoms with Crippen LogP contribution in [0.3, 0.4) is 0 Å². The quantitative estimate of drug-likeness (QED) is 0.215. The lowest BCUT2D eigenvalue weighted by Crippen LogP contribution is -2.19. The van der Waals surface area contributed by atoms with Gasteiger partial charge in [-0.25, -0.2) is 0 Å². The zero-order chi connectivity index (χ0) is 22.2. The molecular formula is C22H23N3O5S. The number of non-ortho nitro benzene ring substituents is 1. The number of amides is 1. The Labute approximate surface area is 183 Å². The highest BCUT2D eigenvalue weighted by atomic mass is 32.1. The van der Waals surface area contributed by atoms with E-state index < -0.39 is 10.8 Å². The minimum atomic E-state index is -0.474. The first-order chi connectivity index (χ1) is 15.0. The molecule has 0 atom stereocenters. The molecule has 1 heterocycles. The van der Waals surface area contributed by atoms with Crippen LogP contribution in [0.25, 0.3) is 16.3 Å². The second-order valence-electron chi connectivity index (χ2n) is 6.40. The van der Waals surface area contributed by atoms with Gasteiger partial charge in [-0.1, -0.05) is 29.5 Å². The van der Waals surface area contributed by atoms with Crippen LogP contribution in [-0.4, -0.2) is 35.2 Å². The molecule has 3 rings (SSSR count). The number of carbonyl (C=O) groups is 1. The molecule has 0 saturated carbocycles. The Morgan fingerprint density at radius 3 is 2.77 bits per heavy atom. The van der Waals surface area contributed by atoms with E-state index in [4.69, 9.17) is 9.47 Å². The third-order valence-electron chi connectivity index (χ3n) is 4.33. The average molecular weight is 442 g/mol. The fraction of sp³-hybridized carbons (Fsp3) is 0.273. The summed E-state index contributed by atoms with van der Waals surface area (Å²) < 4.78 is 14.2. The number of rotatable bonds is 9. The lowest BCUT2D eigenvalue weighted by Gasteiger charge is -2.09. The molecule has 0 saturated heterocycles. The number of nitrogens with zero attached hydrogens (tertiary/aromatic N) is 3. The summed E-state index contributed by atoms with van der Waals surface area (Å²) in [6.45, 7) is 5.97. The van der Waals surface area contributed by atoms with Gasteiger partial charge in [-0.15, -0.1) is 0 Å². The maximum Gasteiger partial charge on any atom is 0.272 e. The van der Waals surface area contributed by atoms with Crippen LogP contribution in [0.5, 0.6) is 5.75 Å². The second-order valence-corrected chi connectivity index (χ2v) is 7.41. The first-order valence-electron chi connectivity index (χ1n) is 9.87. The molecule has 9 heteroatoms. The summed E-state index contributed by atoms with van der Waals surface area (Å²) in [7, 11) is 0. The highest BCUT2D eigenvalue weighted by molar-refractivity contribution is 7.16. The Kier molecular flexibility index (Phi) is 7.69. The number of para-hydroxylation sites is 1. The Bertz CT molecular complexity index is 1180. The minimum absolute atomic E-state index is 0.0340. The number of ether oxygens (including phenoxy) is 2. The number of hydrogen-bond donors (Lipinski definition) is 0.